The van der Waals surface area contributed by atoms with Crippen molar-refractivity contribution < 1.29 is 5.11 Å². The Morgan fingerprint density at radius 3 is 2.78 bits per heavy atom. The van der Waals surface area contributed by atoms with Gasteiger partial charge in [-0.05, 0) is 37.5 Å². The van der Waals surface area contributed by atoms with E-state index in [9.17, 15) is 5.11 Å². The fourth-order valence-corrected chi connectivity index (χ4v) is 2.52. The molecule has 0 aliphatic carbocycles. The zero-order chi connectivity index (χ0) is 13.2. The second kappa shape index (κ2) is 9.68. The number of benzene rings is 1. The van der Waals surface area contributed by atoms with Crippen molar-refractivity contribution in [1.29, 1.82) is 0 Å². The van der Waals surface area contributed by atoms with Gasteiger partial charge < -0.3 is 10.4 Å². The SMILES string of the molecule is CSCCCCCNCC(O)c1ccccc1Cl. The number of aliphatic hydroxyl groups excluding tert-OH is 1. The fourth-order valence-electron chi connectivity index (χ4n) is 1.77. The van der Waals surface area contributed by atoms with Gasteiger partial charge in [-0.1, -0.05) is 36.2 Å². The first-order chi connectivity index (χ1) is 8.75. The van der Waals surface area contributed by atoms with Crippen LogP contribution in [0.2, 0.25) is 5.02 Å². The summed E-state index contributed by atoms with van der Waals surface area (Å²) in [5, 5.41) is 13.9. The van der Waals surface area contributed by atoms with Crippen molar-refractivity contribution in [2.24, 2.45) is 0 Å². The first kappa shape index (κ1) is 15.8. The van der Waals surface area contributed by atoms with Gasteiger partial charge in [-0.3, -0.25) is 0 Å². The highest BCUT2D eigenvalue weighted by atomic mass is 35.5. The lowest BCUT2D eigenvalue weighted by molar-refractivity contribution is 0.175. The van der Waals surface area contributed by atoms with Gasteiger partial charge in [0.25, 0.3) is 0 Å². The highest BCUT2D eigenvalue weighted by molar-refractivity contribution is 7.98. The Hall–Kier alpha value is -0.220. The van der Waals surface area contributed by atoms with Crippen molar-refractivity contribution in [1.82, 2.24) is 5.32 Å². The van der Waals surface area contributed by atoms with Crippen LogP contribution in [0.5, 0.6) is 0 Å². The number of unbranched alkanes of at least 4 members (excludes halogenated alkanes) is 2. The Morgan fingerprint density at radius 1 is 1.28 bits per heavy atom. The summed E-state index contributed by atoms with van der Waals surface area (Å²) < 4.78 is 0. The Labute approximate surface area is 119 Å². The van der Waals surface area contributed by atoms with E-state index in [1.807, 2.05) is 36.0 Å². The number of halogens is 1. The van der Waals surface area contributed by atoms with Crippen molar-refractivity contribution in [2.75, 3.05) is 25.1 Å². The normalized spacial score (nSPS) is 12.6. The summed E-state index contributed by atoms with van der Waals surface area (Å²) in [7, 11) is 0. The molecule has 0 heterocycles. The smallest absolute Gasteiger partial charge is 0.0928 e. The molecule has 0 saturated heterocycles. The Bertz CT molecular complexity index is 335. The average molecular weight is 288 g/mol. The molecule has 1 unspecified atom stereocenters. The molecule has 102 valence electrons. The van der Waals surface area contributed by atoms with E-state index in [-0.39, 0.29) is 0 Å². The van der Waals surface area contributed by atoms with E-state index in [1.165, 1.54) is 18.6 Å². The second-order valence-electron chi connectivity index (χ2n) is 4.29. The van der Waals surface area contributed by atoms with Crippen molar-refractivity contribution in [3.05, 3.63) is 34.9 Å². The van der Waals surface area contributed by atoms with E-state index >= 15 is 0 Å². The second-order valence-corrected chi connectivity index (χ2v) is 5.69. The number of thioether (sulfide) groups is 1. The first-order valence-corrected chi connectivity index (χ1v) is 8.15. The third-order valence-electron chi connectivity index (χ3n) is 2.80. The van der Waals surface area contributed by atoms with Crippen molar-refractivity contribution in [2.45, 2.75) is 25.4 Å². The Kier molecular flexibility index (Phi) is 8.51. The van der Waals surface area contributed by atoms with Gasteiger partial charge in [0, 0.05) is 17.1 Å². The molecule has 1 aromatic rings. The maximum absolute atomic E-state index is 9.99. The molecule has 0 aliphatic rings. The third kappa shape index (κ3) is 6.10. The summed E-state index contributed by atoms with van der Waals surface area (Å²) in [4.78, 5) is 0. The van der Waals surface area contributed by atoms with Crippen LogP contribution in [0.15, 0.2) is 24.3 Å². The topological polar surface area (TPSA) is 32.3 Å². The highest BCUT2D eigenvalue weighted by Crippen LogP contribution is 2.21. The van der Waals surface area contributed by atoms with E-state index < -0.39 is 6.10 Å². The van der Waals surface area contributed by atoms with Crippen LogP contribution in [0.3, 0.4) is 0 Å². The lowest BCUT2D eigenvalue weighted by atomic mass is 10.1. The van der Waals surface area contributed by atoms with Gasteiger partial charge in [0.2, 0.25) is 0 Å². The van der Waals surface area contributed by atoms with Crippen LogP contribution in [0.4, 0.5) is 0 Å². The summed E-state index contributed by atoms with van der Waals surface area (Å²) in [6.45, 7) is 1.52. The number of nitrogens with one attached hydrogen (secondary N) is 1. The summed E-state index contributed by atoms with van der Waals surface area (Å²) in [5.41, 5.74) is 0.800. The fraction of sp³-hybridized carbons (Fsp3) is 0.571. The van der Waals surface area contributed by atoms with Crippen LogP contribution < -0.4 is 5.32 Å². The number of hydrogen-bond acceptors (Lipinski definition) is 3. The standard InChI is InChI=1S/C14H22ClNOS/c1-18-10-6-2-5-9-16-11-14(17)12-7-3-4-8-13(12)15/h3-4,7-8,14,16-17H,2,5-6,9-11H2,1H3. The highest BCUT2D eigenvalue weighted by Gasteiger charge is 2.09. The molecule has 0 fully saturated rings. The monoisotopic (exact) mass is 287 g/mol. The third-order valence-corrected chi connectivity index (χ3v) is 3.85. The molecule has 0 spiro atoms. The molecule has 2 N–H and O–H groups in total. The molecule has 0 saturated carbocycles. The van der Waals surface area contributed by atoms with E-state index in [2.05, 4.69) is 11.6 Å². The zero-order valence-electron chi connectivity index (χ0n) is 10.9. The van der Waals surface area contributed by atoms with Crippen molar-refractivity contribution in [3.63, 3.8) is 0 Å². The molecule has 0 aromatic heterocycles. The zero-order valence-corrected chi connectivity index (χ0v) is 12.4. The van der Waals surface area contributed by atoms with Crippen LogP contribution in [0.25, 0.3) is 0 Å². The number of aliphatic hydroxyl groups is 1. The summed E-state index contributed by atoms with van der Waals surface area (Å²) in [6, 6.07) is 7.44. The molecule has 4 heteroatoms. The predicted molar refractivity (Wildman–Crippen MR) is 81.5 cm³/mol. The summed E-state index contributed by atoms with van der Waals surface area (Å²) >= 11 is 7.92. The molecule has 2 nitrogen and oxygen atoms in total. The lowest BCUT2D eigenvalue weighted by Crippen LogP contribution is -2.22. The Morgan fingerprint density at radius 2 is 2.06 bits per heavy atom. The number of hydrogen-bond donors (Lipinski definition) is 2. The maximum atomic E-state index is 9.99. The predicted octanol–water partition coefficient (Wildman–Crippen LogP) is 3.50. The van der Waals surface area contributed by atoms with Crippen LogP contribution in [-0.4, -0.2) is 30.2 Å². The molecule has 0 amide bonds. The van der Waals surface area contributed by atoms with Crippen molar-refractivity contribution in [3.8, 4) is 0 Å². The van der Waals surface area contributed by atoms with Gasteiger partial charge in [-0.25, -0.2) is 0 Å². The average Bonchev–Trinajstić information content (AvgIpc) is 2.38. The molecule has 0 radical (unpaired) electrons. The molecular weight excluding hydrogens is 266 g/mol. The minimum Gasteiger partial charge on any atom is -0.387 e. The maximum Gasteiger partial charge on any atom is 0.0928 e. The van der Waals surface area contributed by atoms with Gasteiger partial charge in [0.1, 0.15) is 0 Å². The van der Waals surface area contributed by atoms with Gasteiger partial charge >= 0.3 is 0 Å². The van der Waals surface area contributed by atoms with E-state index in [4.69, 9.17) is 11.6 Å². The van der Waals surface area contributed by atoms with E-state index in [0.717, 1.165) is 18.5 Å². The number of rotatable bonds is 9. The summed E-state index contributed by atoms with van der Waals surface area (Å²) in [6.07, 6.45) is 5.30. The minimum atomic E-state index is -0.523. The lowest BCUT2D eigenvalue weighted by Gasteiger charge is -2.13. The molecule has 1 aromatic carbocycles. The van der Waals surface area contributed by atoms with Gasteiger partial charge in [0.15, 0.2) is 0 Å². The minimum absolute atomic E-state index is 0.523. The van der Waals surface area contributed by atoms with Gasteiger partial charge in [-0.2, -0.15) is 11.8 Å². The molecule has 1 atom stereocenters. The largest absolute Gasteiger partial charge is 0.387 e. The van der Waals surface area contributed by atoms with Crippen LogP contribution >= 0.6 is 23.4 Å². The van der Waals surface area contributed by atoms with Crippen LogP contribution in [-0.2, 0) is 0 Å². The first-order valence-electron chi connectivity index (χ1n) is 6.38. The van der Waals surface area contributed by atoms with E-state index in [0.29, 0.717) is 11.6 Å². The van der Waals surface area contributed by atoms with E-state index in [1.54, 1.807) is 0 Å². The van der Waals surface area contributed by atoms with Crippen LogP contribution in [0.1, 0.15) is 30.9 Å². The van der Waals surface area contributed by atoms with Gasteiger partial charge in [-0.15, -0.1) is 0 Å². The molecule has 18 heavy (non-hydrogen) atoms. The summed E-state index contributed by atoms with van der Waals surface area (Å²) in [5.74, 6) is 1.24. The molecule has 0 aliphatic heterocycles. The van der Waals surface area contributed by atoms with Gasteiger partial charge in [0.05, 0.1) is 6.10 Å². The Balaban J connectivity index is 2.14. The molecule has 0 bridgehead atoms. The molecule has 1 rings (SSSR count). The quantitative estimate of drug-likeness (QED) is 0.682. The van der Waals surface area contributed by atoms with Crippen LogP contribution in [0, 0.1) is 0 Å². The molecular formula is C14H22ClNOS. The van der Waals surface area contributed by atoms with Crippen molar-refractivity contribution >= 4 is 23.4 Å².